The van der Waals surface area contributed by atoms with E-state index in [0.717, 1.165) is 0 Å². The molecule has 0 amide bonds. The van der Waals surface area contributed by atoms with Gasteiger partial charge in [-0.1, -0.05) is 0 Å². The van der Waals surface area contributed by atoms with Gasteiger partial charge in [-0.2, -0.15) is 0 Å². The minimum absolute atomic E-state index is 0.0718. The summed E-state index contributed by atoms with van der Waals surface area (Å²) in [4.78, 5) is 15.4. The van der Waals surface area contributed by atoms with Crippen molar-refractivity contribution >= 4 is 297 Å². The summed E-state index contributed by atoms with van der Waals surface area (Å²) < 4.78 is 6.29. The van der Waals surface area contributed by atoms with Gasteiger partial charge in [0.05, 0.1) is 12.0 Å². The SMILES string of the molecule is CCOC(=O)C(N)C12c3c4c5c6c7c8c(c9c%10c1c1c3c3c%11c4c4c5c5c7c7c%12c8c8c9c9c%10c%10c1c1c3c3c%11c%11c4c4c5c7c5c7c%12c8c8c9c9c%10c1c1c3c3c%11c4c5c4c7c8c9c1c34)C62. The number of hydrogen-bond donors (Lipinski definition) is 1. The number of benzene rings is 18. The summed E-state index contributed by atoms with van der Waals surface area (Å²) in [7, 11) is 0. The van der Waals surface area contributed by atoms with Crippen molar-refractivity contribution in [3.8, 4) is 0 Å². The molecule has 0 saturated carbocycles. The number of esters is 1. The molecule has 0 aliphatic heterocycles. The van der Waals surface area contributed by atoms with E-state index in [1.807, 2.05) is 6.92 Å². The second-order valence-electron chi connectivity index (χ2n) is 24.4. The van der Waals surface area contributed by atoms with Crippen molar-refractivity contribution in [3.63, 3.8) is 0 Å². The largest absolute Gasteiger partial charge is 0.465 e. The molecule has 2 N–H and O–H groups in total. The maximum absolute atomic E-state index is 15.4. The van der Waals surface area contributed by atoms with Crippen LogP contribution in [-0.2, 0) is 14.9 Å². The Bertz CT molecular complexity index is 6850. The van der Waals surface area contributed by atoms with E-state index in [2.05, 4.69) is 0 Å². The van der Waals surface area contributed by atoms with Crippen molar-refractivity contribution in [2.75, 3.05) is 6.61 Å². The lowest BCUT2D eigenvalue weighted by Gasteiger charge is -2.47. The molecule has 0 saturated heterocycles. The van der Waals surface area contributed by atoms with Gasteiger partial charge in [0, 0.05) is 5.92 Å². The predicted octanol–water partition coefficient (Wildman–Crippen LogP) is 16.0. The molecule has 0 radical (unpaired) electrons. The highest BCUT2D eigenvalue weighted by molar-refractivity contribution is 6.82. The number of hydrogen-bond acceptors (Lipinski definition) is 3. The van der Waals surface area contributed by atoms with Crippen LogP contribution in [-0.4, -0.2) is 18.6 Å². The Morgan fingerprint density at radius 2 is 0.493 bits per heavy atom. The van der Waals surface area contributed by atoms with Crippen LogP contribution < -0.4 is 5.73 Å². The van der Waals surface area contributed by atoms with Gasteiger partial charge in [-0.15, -0.1) is 0 Å². The first-order valence-corrected chi connectivity index (χ1v) is 24.9. The molecule has 4 aliphatic rings. The smallest absolute Gasteiger partial charge is 0.324 e. The van der Waals surface area contributed by atoms with E-state index in [-0.39, 0.29) is 11.9 Å². The minimum Gasteiger partial charge on any atom is -0.465 e. The van der Waals surface area contributed by atoms with Crippen molar-refractivity contribution in [3.05, 3.63) is 22.3 Å². The maximum atomic E-state index is 15.4. The summed E-state index contributed by atoms with van der Waals surface area (Å²) in [5.74, 6) is -0.308. The van der Waals surface area contributed by atoms with Gasteiger partial charge >= 0.3 is 5.97 Å². The Hall–Kier alpha value is -8.11. The topological polar surface area (TPSA) is 52.3 Å². The molecule has 67 heavy (non-hydrogen) atoms. The van der Waals surface area contributed by atoms with E-state index in [9.17, 15) is 0 Å². The highest BCUT2D eigenvalue weighted by Crippen LogP contribution is 2.83. The van der Waals surface area contributed by atoms with Crippen LogP contribution in [0, 0.1) is 0 Å². The molecular formula is C64H9NO2. The standard InChI is InChI=1S/C64H9NO2/c1-2-67-63(66)62(65)64-59-55-49-35-27-19-7-4-3-5-8(7)20-22-18-12(5)14-10-6(3)9-13-11(4)17-21(19)33(35)41-39-25(17)23(13)31-29-15(9)16(10)30-32-24(14)26(18)40-42-34(22)36(28(20)27)50(49)56(59)52(42)54-46(40)44(32)48-38(30)37(29)47-43(31)45(39)53(51(41)55)60(64)57(47)58(48)61(54)64/h59,62H,2,65H2,1H3. The fourth-order valence-corrected chi connectivity index (χ4v) is 24.2. The molecule has 0 bridgehead atoms. The summed E-state index contributed by atoms with van der Waals surface area (Å²) in [6, 6.07) is -0.867. The lowest BCUT2D eigenvalue weighted by molar-refractivity contribution is -0.146. The Labute approximate surface area is 363 Å². The van der Waals surface area contributed by atoms with Crippen LogP contribution in [0.4, 0.5) is 0 Å². The first-order valence-electron chi connectivity index (χ1n) is 24.9. The maximum Gasteiger partial charge on any atom is 0.324 e. The minimum atomic E-state index is -0.867. The van der Waals surface area contributed by atoms with Gasteiger partial charge in [-0.3, -0.25) is 4.79 Å². The zero-order valence-electron chi connectivity index (χ0n) is 34.3. The van der Waals surface area contributed by atoms with Crippen molar-refractivity contribution in [2.24, 2.45) is 5.73 Å². The van der Waals surface area contributed by atoms with E-state index in [4.69, 9.17) is 10.5 Å². The third-order valence-corrected chi connectivity index (χ3v) is 24.2. The highest BCUT2D eigenvalue weighted by atomic mass is 16.5. The fraction of sp³-hybridized carbons (Fsp3) is 0.0781. The van der Waals surface area contributed by atoms with Gasteiger partial charge in [0.1, 0.15) is 6.04 Å². The van der Waals surface area contributed by atoms with Crippen LogP contribution in [0.15, 0.2) is 0 Å². The lowest BCUT2D eigenvalue weighted by atomic mass is 9.54. The van der Waals surface area contributed by atoms with Gasteiger partial charge in [0.15, 0.2) is 0 Å². The molecule has 1 atom stereocenters. The average Bonchev–Trinajstić information content (AvgIpc) is 4.18. The Balaban J connectivity index is 1.23. The molecule has 0 heterocycles. The van der Waals surface area contributed by atoms with Crippen molar-refractivity contribution in [1.82, 2.24) is 0 Å². The Morgan fingerprint density at radius 1 is 0.328 bits per heavy atom. The van der Waals surface area contributed by atoms with Gasteiger partial charge < -0.3 is 10.5 Å². The third kappa shape index (κ3) is 1.31. The number of carbonyl (C=O) groups excluding carboxylic acids is 1. The Morgan fingerprint density at radius 3 is 0.701 bits per heavy atom. The van der Waals surface area contributed by atoms with E-state index < -0.39 is 11.5 Å². The molecule has 0 spiro atoms. The monoisotopic (exact) mass is 823 g/mol. The van der Waals surface area contributed by atoms with Gasteiger partial charge in [-0.25, -0.2) is 0 Å². The molecule has 0 aromatic heterocycles. The van der Waals surface area contributed by atoms with Crippen molar-refractivity contribution in [1.29, 1.82) is 0 Å². The summed E-state index contributed by atoms with van der Waals surface area (Å²) in [6.07, 6.45) is 0. The van der Waals surface area contributed by atoms with Crippen molar-refractivity contribution < 1.29 is 9.53 Å². The zero-order valence-corrected chi connectivity index (χ0v) is 34.3. The zero-order chi connectivity index (χ0) is 40.1. The molecule has 3 heteroatoms. The van der Waals surface area contributed by atoms with E-state index in [0.29, 0.717) is 6.61 Å². The molecule has 1 unspecified atom stereocenters. The second kappa shape index (κ2) is 5.60. The van der Waals surface area contributed by atoms with E-state index in [1.54, 1.807) is 226 Å². The van der Waals surface area contributed by atoms with Crippen molar-refractivity contribution in [2.45, 2.75) is 24.3 Å². The highest BCUT2D eigenvalue weighted by Gasteiger charge is 2.66. The van der Waals surface area contributed by atoms with Crippen LogP contribution in [0.5, 0.6) is 0 Å². The number of rotatable bonds is 3. The van der Waals surface area contributed by atoms with Gasteiger partial charge in [0.25, 0.3) is 0 Å². The third-order valence-electron chi connectivity index (χ3n) is 24.2. The normalized spacial score (nSPS) is 21.6. The van der Waals surface area contributed by atoms with Crippen LogP contribution in [0.3, 0.4) is 0 Å². The molecule has 3 nitrogen and oxygen atoms in total. The predicted molar refractivity (Wildman–Crippen MR) is 280 cm³/mol. The number of nitrogens with two attached hydrogens (primary N) is 1. The summed E-state index contributed by atoms with van der Waals surface area (Å²) in [5, 5.41) is 84.3. The molecule has 4 aliphatic carbocycles. The summed E-state index contributed by atoms with van der Waals surface area (Å²) in [6.45, 7) is 2.29. The lowest BCUT2D eigenvalue weighted by Crippen LogP contribution is -2.55. The quantitative estimate of drug-likeness (QED) is 0.143. The number of ether oxygens (including phenoxy) is 1. The summed E-state index contributed by atoms with van der Waals surface area (Å²) in [5.41, 5.74) is 13.2. The molecule has 28 aromatic carbocycles. The number of carbonyl (C=O) groups is 1. The summed E-state index contributed by atoms with van der Waals surface area (Å²) >= 11 is 0. The van der Waals surface area contributed by atoms with Crippen LogP contribution in [0.2, 0.25) is 0 Å². The molecule has 0 fully saturated rings. The first kappa shape index (κ1) is 25.0. The van der Waals surface area contributed by atoms with Gasteiger partial charge in [-0.05, 0) is 320 Å². The molecule has 28 aromatic rings. The molecular weight excluding hydrogens is 815 g/mol. The average molecular weight is 824 g/mol. The van der Waals surface area contributed by atoms with Gasteiger partial charge in [0.2, 0.25) is 0 Å². The van der Waals surface area contributed by atoms with Crippen LogP contribution in [0.1, 0.15) is 35.1 Å². The first-order chi connectivity index (χ1) is 33.3. The van der Waals surface area contributed by atoms with E-state index >= 15 is 4.79 Å². The fourth-order valence-electron chi connectivity index (χ4n) is 24.2. The molecule has 32 rings (SSSR count). The van der Waals surface area contributed by atoms with E-state index in [1.165, 1.54) is 86.9 Å². The van der Waals surface area contributed by atoms with Crippen LogP contribution >= 0.6 is 0 Å². The second-order valence-corrected chi connectivity index (χ2v) is 24.4. The Kier molecular flexibility index (Phi) is 2.09. The van der Waals surface area contributed by atoms with Crippen LogP contribution in [0.25, 0.3) is 291 Å². The molecule has 282 valence electrons.